The summed E-state index contributed by atoms with van der Waals surface area (Å²) in [5, 5.41) is 1.88. The number of nitrogens with one attached hydrogen (secondary N) is 1. The minimum atomic E-state index is -0.301. The fourth-order valence-corrected chi connectivity index (χ4v) is 3.96. The number of aromatic amines is 1. The highest BCUT2D eigenvalue weighted by atomic mass is 35.5. The van der Waals surface area contributed by atoms with Gasteiger partial charge in [-0.15, -0.1) is 0 Å². The van der Waals surface area contributed by atoms with E-state index in [1.807, 2.05) is 25.1 Å². The summed E-state index contributed by atoms with van der Waals surface area (Å²) in [5.74, 6) is 0.328. The van der Waals surface area contributed by atoms with E-state index in [4.69, 9.17) is 16.3 Å². The molecule has 3 unspecified atom stereocenters. The molecule has 2 aliphatic rings. The zero-order valence-electron chi connectivity index (χ0n) is 11.9. The van der Waals surface area contributed by atoms with E-state index in [9.17, 15) is 4.79 Å². The molecule has 5 heteroatoms. The van der Waals surface area contributed by atoms with Crippen LogP contribution in [0.1, 0.15) is 36.6 Å². The van der Waals surface area contributed by atoms with Crippen molar-refractivity contribution in [1.29, 1.82) is 0 Å². The van der Waals surface area contributed by atoms with Crippen molar-refractivity contribution in [3.63, 3.8) is 0 Å². The number of hydrogen-bond donors (Lipinski definition) is 1. The van der Waals surface area contributed by atoms with E-state index in [-0.39, 0.29) is 12.0 Å². The zero-order valence-corrected chi connectivity index (χ0v) is 12.6. The molecule has 0 radical (unpaired) electrons. The summed E-state index contributed by atoms with van der Waals surface area (Å²) >= 11 is 6.15. The molecular weight excluding hydrogens is 288 g/mol. The van der Waals surface area contributed by atoms with Crippen LogP contribution < -0.4 is 0 Å². The number of fused-ring (bicyclic) bond motifs is 6. The third-order valence-corrected chi connectivity index (χ3v) is 4.84. The molecule has 1 fully saturated rings. The van der Waals surface area contributed by atoms with Crippen LogP contribution in [0.25, 0.3) is 10.9 Å². The van der Waals surface area contributed by atoms with E-state index in [1.54, 1.807) is 0 Å². The highest BCUT2D eigenvalue weighted by molar-refractivity contribution is 6.31. The Labute approximate surface area is 128 Å². The van der Waals surface area contributed by atoms with Crippen molar-refractivity contribution in [2.24, 2.45) is 0 Å². The predicted octanol–water partition coefficient (Wildman–Crippen LogP) is 3.23. The van der Waals surface area contributed by atoms with Gasteiger partial charge >= 0.3 is 5.97 Å². The molecule has 21 heavy (non-hydrogen) atoms. The zero-order chi connectivity index (χ0) is 14.6. The van der Waals surface area contributed by atoms with Crippen molar-refractivity contribution in [2.45, 2.75) is 25.3 Å². The summed E-state index contributed by atoms with van der Waals surface area (Å²) in [6.07, 6.45) is 1.09. The molecule has 1 N–H and O–H groups in total. The number of nitrogens with zero attached hydrogens (tertiary/aromatic N) is 1. The van der Waals surface area contributed by atoms with Gasteiger partial charge in [-0.3, -0.25) is 4.90 Å². The molecule has 0 aliphatic carbocycles. The lowest BCUT2D eigenvalue weighted by Gasteiger charge is -2.30. The molecule has 3 heterocycles. The lowest BCUT2D eigenvalue weighted by atomic mass is 9.90. The van der Waals surface area contributed by atoms with E-state index in [0.29, 0.717) is 12.5 Å². The smallest absolute Gasteiger partial charge is 0.329 e. The molecule has 2 aliphatic heterocycles. The van der Waals surface area contributed by atoms with Crippen molar-refractivity contribution < 1.29 is 9.53 Å². The summed E-state index contributed by atoms with van der Waals surface area (Å²) in [6.45, 7) is 4.13. The molecule has 1 saturated heterocycles. The molecule has 1 aromatic heterocycles. The molecule has 4 rings (SSSR count). The Morgan fingerprint density at radius 1 is 1.52 bits per heavy atom. The van der Waals surface area contributed by atoms with Gasteiger partial charge in [-0.2, -0.15) is 0 Å². The molecule has 4 nitrogen and oxygen atoms in total. The van der Waals surface area contributed by atoms with Crippen LogP contribution in [-0.2, 0) is 9.53 Å². The molecule has 2 bridgehead atoms. The SMILES string of the molecule is CCOC(=O)C1c2[nH]c3ccc(Cl)cc3c2C2CCN1C2. The number of carbonyl (C=O) groups excluding carboxylic acids is 1. The molecule has 110 valence electrons. The topological polar surface area (TPSA) is 45.3 Å². The minimum absolute atomic E-state index is 0.156. The van der Waals surface area contributed by atoms with Crippen LogP contribution >= 0.6 is 11.6 Å². The van der Waals surface area contributed by atoms with Crippen LogP contribution in [-0.4, -0.2) is 35.5 Å². The number of H-pyrrole nitrogens is 1. The Bertz CT molecular complexity index is 724. The van der Waals surface area contributed by atoms with Crippen molar-refractivity contribution in [1.82, 2.24) is 9.88 Å². The van der Waals surface area contributed by atoms with E-state index >= 15 is 0 Å². The van der Waals surface area contributed by atoms with E-state index < -0.39 is 0 Å². The summed E-state index contributed by atoms with van der Waals surface area (Å²) in [4.78, 5) is 18.0. The van der Waals surface area contributed by atoms with Crippen molar-refractivity contribution in [2.75, 3.05) is 19.7 Å². The number of esters is 1. The Kier molecular flexibility index (Phi) is 2.98. The molecule has 0 saturated carbocycles. The highest BCUT2D eigenvalue weighted by Crippen LogP contribution is 2.46. The van der Waals surface area contributed by atoms with Crippen molar-refractivity contribution in [3.05, 3.63) is 34.5 Å². The Morgan fingerprint density at radius 3 is 3.19 bits per heavy atom. The van der Waals surface area contributed by atoms with Gasteiger partial charge in [0.05, 0.1) is 6.61 Å². The van der Waals surface area contributed by atoms with E-state index in [0.717, 1.165) is 41.1 Å². The molecule has 0 amide bonds. The molecule has 0 spiro atoms. The van der Waals surface area contributed by atoms with Gasteiger partial charge in [0.25, 0.3) is 0 Å². The maximum absolute atomic E-state index is 12.4. The first kappa shape index (κ1) is 13.2. The van der Waals surface area contributed by atoms with Crippen LogP contribution in [0.5, 0.6) is 0 Å². The van der Waals surface area contributed by atoms with E-state index in [1.165, 1.54) is 5.56 Å². The second-order valence-electron chi connectivity index (χ2n) is 5.78. The van der Waals surface area contributed by atoms with Crippen LogP contribution in [0.2, 0.25) is 5.02 Å². The molecule has 1 aromatic carbocycles. The number of rotatable bonds is 2. The van der Waals surface area contributed by atoms with Gasteiger partial charge in [0.15, 0.2) is 0 Å². The number of carbonyl (C=O) groups is 1. The van der Waals surface area contributed by atoms with Crippen LogP contribution in [0.3, 0.4) is 0 Å². The number of halogens is 1. The van der Waals surface area contributed by atoms with Gasteiger partial charge in [-0.1, -0.05) is 11.6 Å². The standard InChI is InChI=1S/C16H17ClN2O2/c1-2-21-16(20)15-14-13(9-5-6-19(15)8-9)11-7-10(17)3-4-12(11)18-14/h3-4,7,9,15,18H,2,5-6,8H2,1H3. The summed E-state index contributed by atoms with van der Waals surface area (Å²) in [6, 6.07) is 5.57. The van der Waals surface area contributed by atoms with Gasteiger partial charge in [-0.25, -0.2) is 4.79 Å². The minimum Gasteiger partial charge on any atom is -0.465 e. The largest absolute Gasteiger partial charge is 0.465 e. The average molecular weight is 305 g/mol. The normalized spacial score (nSPS) is 26.9. The van der Waals surface area contributed by atoms with Crippen molar-refractivity contribution in [3.8, 4) is 0 Å². The average Bonchev–Trinajstić information content (AvgIpc) is 3.02. The van der Waals surface area contributed by atoms with Crippen LogP contribution in [0.4, 0.5) is 0 Å². The predicted molar refractivity (Wildman–Crippen MR) is 81.6 cm³/mol. The fraction of sp³-hybridized carbons (Fsp3) is 0.438. The maximum atomic E-state index is 12.4. The molecular formula is C16H17ClN2O2. The Balaban J connectivity index is 1.91. The third-order valence-electron chi connectivity index (χ3n) is 4.61. The van der Waals surface area contributed by atoms with Gasteiger partial charge in [0.1, 0.15) is 6.04 Å². The first-order chi connectivity index (χ1) is 10.2. The van der Waals surface area contributed by atoms with E-state index in [2.05, 4.69) is 9.88 Å². The van der Waals surface area contributed by atoms with Crippen LogP contribution in [0, 0.1) is 0 Å². The van der Waals surface area contributed by atoms with Gasteiger partial charge < -0.3 is 9.72 Å². The second kappa shape index (κ2) is 4.75. The Hall–Kier alpha value is -1.52. The quantitative estimate of drug-likeness (QED) is 0.866. The van der Waals surface area contributed by atoms with Gasteiger partial charge in [0, 0.05) is 34.1 Å². The number of ether oxygens (including phenoxy) is 1. The molecule has 2 aromatic rings. The van der Waals surface area contributed by atoms with Crippen molar-refractivity contribution >= 4 is 28.5 Å². The molecule has 3 atom stereocenters. The lowest BCUT2D eigenvalue weighted by Crippen LogP contribution is -2.37. The monoisotopic (exact) mass is 304 g/mol. The van der Waals surface area contributed by atoms with Gasteiger partial charge in [-0.05, 0) is 43.7 Å². The number of benzene rings is 1. The summed E-state index contributed by atoms with van der Waals surface area (Å²) in [5.41, 5.74) is 3.31. The highest BCUT2D eigenvalue weighted by Gasteiger charge is 2.44. The first-order valence-corrected chi connectivity index (χ1v) is 7.78. The Morgan fingerprint density at radius 2 is 2.38 bits per heavy atom. The number of hydrogen-bond acceptors (Lipinski definition) is 3. The number of aromatic nitrogens is 1. The first-order valence-electron chi connectivity index (χ1n) is 7.40. The van der Waals surface area contributed by atoms with Gasteiger partial charge in [0.2, 0.25) is 0 Å². The summed E-state index contributed by atoms with van der Waals surface area (Å²) in [7, 11) is 0. The fourth-order valence-electron chi connectivity index (χ4n) is 3.79. The second-order valence-corrected chi connectivity index (χ2v) is 6.21. The lowest BCUT2D eigenvalue weighted by molar-refractivity contribution is -0.149. The maximum Gasteiger partial charge on any atom is 0.329 e. The third kappa shape index (κ3) is 1.89. The summed E-state index contributed by atoms with van der Waals surface area (Å²) < 4.78 is 5.28. The van der Waals surface area contributed by atoms with Crippen LogP contribution in [0.15, 0.2) is 18.2 Å².